The second-order valence-corrected chi connectivity index (χ2v) is 3.98. The molecule has 0 aromatic rings. The van der Waals surface area contributed by atoms with Crippen molar-refractivity contribution in [1.29, 1.82) is 0 Å². The lowest BCUT2D eigenvalue weighted by molar-refractivity contribution is -0.141. The molecule has 1 atom stereocenters. The first-order chi connectivity index (χ1) is 6.97. The van der Waals surface area contributed by atoms with Crippen LogP contribution in [0.2, 0.25) is 0 Å². The van der Waals surface area contributed by atoms with Gasteiger partial charge < -0.3 is 10.0 Å². The fourth-order valence-corrected chi connectivity index (χ4v) is 1.17. The van der Waals surface area contributed by atoms with Crippen LogP contribution in [0.25, 0.3) is 0 Å². The number of likely N-dealkylation sites (N-methyl/N-ethyl adjacent to an activating group) is 1. The summed E-state index contributed by atoms with van der Waals surface area (Å²) in [6.07, 6.45) is 5.23. The summed E-state index contributed by atoms with van der Waals surface area (Å²) >= 11 is 0. The van der Waals surface area contributed by atoms with Crippen LogP contribution in [0.4, 0.5) is 0 Å². The second-order valence-electron chi connectivity index (χ2n) is 3.98. The Labute approximate surface area is 91.9 Å². The van der Waals surface area contributed by atoms with E-state index in [0.717, 1.165) is 13.1 Å². The van der Waals surface area contributed by atoms with Crippen LogP contribution in [0.5, 0.6) is 0 Å². The number of aliphatic carboxylic acids is 1. The summed E-state index contributed by atoms with van der Waals surface area (Å²) < 4.78 is 0. The minimum atomic E-state index is -0.776. The number of rotatable bonds is 7. The number of hydrogen-bond donors (Lipinski definition) is 1. The van der Waals surface area contributed by atoms with E-state index in [1.807, 2.05) is 19.0 Å². The van der Waals surface area contributed by atoms with Crippen molar-refractivity contribution in [2.45, 2.75) is 6.92 Å². The number of terminal acetylenes is 1. The Morgan fingerprint density at radius 1 is 1.47 bits per heavy atom. The van der Waals surface area contributed by atoms with Crippen LogP contribution in [0.15, 0.2) is 0 Å². The molecule has 0 saturated heterocycles. The van der Waals surface area contributed by atoms with Gasteiger partial charge in [-0.3, -0.25) is 9.69 Å². The van der Waals surface area contributed by atoms with Crippen LogP contribution in [0.3, 0.4) is 0 Å². The van der Waals surface area contributed by atoms with Gasteiger partial charge in [0, 0.05) is 19.6 Å². The van der Waals surface area contributed by atoms with Gasteiger partial charge in [0.2, 0.25) is 0 Å². The molecule has 0 radical (unpaired) electrons. The van der Waals surface area contributed by atoms with E-state index < -0.39 is 5.97 Å². The van der Waals surface area contributed by atoms with Gasteiger partial charge in [-0.25, -0.2) is 0 Å². The van der Waals surface area contributed by atoms with Crippen molar-refractivity contribution in [3.8, 4) is 12.3 Å². The van der Waals surface area contributed by atoms with Crippen LogP contribution in [0.1, 0.15) is 6.92 Å². The first-order valence-electron chi connectivity index (χ1n) is 5.00. The number of hydrogen-bond acceptors (Lipinski definition) is 3. The summed E-state index contributed by atoms with van der Waals surface area (Å²) in [6.45, 7) is 4.39. The Morgan fingerprint density at radius 2 is 2.07 bits per heavy atom. The number of carboxylic acids is 1. The van der Waals surface area contributed by atoms with Gasteiger partial charge in [0.1, 0.15) is 0 Å². The molecule has 0 aromatic heterocycles. The molecule has 0 spiro atoms. The molecule has 0 aliphatic carbocycles. The summed E-state index contributed by atoms with van der Waals surface area (Å²) in [6, 6.07) is 0. The smallest absolute Gasteiger partial charge is 0.307 e. The van der Waals surface area contributed by atoms with Crippen molar-refractivity contribution >= 4 is 5.97 Å². The largest absolute Gasteiger partial charge is 0.481 e. The van der Waals surface area contributed by atoms with Gasteiger partial charge in [0.05, 0.1) is 12.5 Å². The van der Waals surface area contributed by atoms with Crippen molar-refractivity contribution in [3.63, 3.8) is 0 Å². The number of carboxylic acid groups (broad SMARTS) is 1. The molecule has 4 nitrogen and oxygen atoms in total. The lowest BCUT2D eigenvalue weighted by Gasteiger charge is -2.23. The minimum Gasteiger partial charge on any atom is -0.481 e. The minimum absolute atomic E-state index is 0.375. The van der Waals surface area contributed by atoms with Gasteiger partial charge in [0.25, 0.3) is 0 Å². The molecule has 1 N–H and O–H groups in total. The molecule has 0 heterocycles. The van der Waals surface area contributed by atoms with Gasteiger partial charge in [-0.2, -0.15) is 0 Å². The molecule has 0 aliphatic rings. The average Bonchev–Trinajstić information content (AvgIpc) is 2.14. The normalized spacial score (nSPS) is 12.8. The molecular formula is C11H20N2O2. The van der Waals surface area contributed by atoms with E-state index in [-0.39, 0.29) is 5.92 Å². The van der Waals surface area contributed by atoms with E-state index in [9.17, 15) is 4.79 Å². The third-order valence-electron chi connectivity index (χ3n) is 2.13. The predicted molar refractivity (Wildman–Crippen MR) is 60.6 cm³/mol. The molecule has 86 valence electrons. The molecule has 0 bridgehead atoms. The highest BCUT2D eigenvalue weighted by Crippen LogP contribution is 1.99. The maximum absolute atomic E-state index is 10.7. The van der Waals surface area contributed by atoms with E-state index in [2.05, 4.69) is 10.8 Å². The highest BCUT2D eigenvalue weighted by Gasteiger charge is 2.15. The fourth-order valence-electron chi connectivity index (χ4n) is 1.17. The molecule has 15 heavy (non-hydrogen) atoms. The molecule has 0 fully saturated rings. The zero-order valence-electron chi connectivity index (χ0n) is 9.73. The molecular weight excluding hydrogens is 192 g/mol. The van der Waals surface area contributed by atoms with E-state index in [1.165, 1.54) is 0 Å². The zero-order valence-corrected chi connectivity index (χ0v) is 9.73. The third-order valence-corrected chi connectivity index (χ3v) is 2.13. The van der Waals surface area contributed by atoms with Crippen LogP contribution >= 0.6 is 0 Å². The van der Waals surface area contributed by atoms with Crippen LogP contribution in [-0.2, 0) is 4.79 Å². The van der Waals surface area contributed by atoms with Crippen molar-refractivity contribution in [2.24, 2.45) is 5.92 Å². The topological polar surface area (TPSA) is 43.8 Å². The summed E-state index contributed by atoms with van der Waals surface area (Å²) in [7, 11) is 3.96. The SMILES string of the molecule is C#CCN(CCN(C)C)CC(C)C(=O)O. The Hall–Kier alpha value is -1.05. The van der Waals surface area contributed by atoms with Crippen molar-refractivity contribution in [2.75, 3.05) is 40.3 Å². The Bertz CT molecular complexity index is 233. The summed E-state index contributed by atoms with van der Waals surface area (Å²) in [5.74, 6) is 1.40. The second kappa shape index (κ2) is 7.27. The maximum atomic E-state index is 10.7. The lowest BCUT2D eigenvalue weighted by Crippen LogP contribution is -2.36. The summed E-state index contributed by atoms with van der Waals surface area (Å²) in [4.78, 5) is 14.7. The molecule has 0 aliphatic heterocycles. The lowest BCUT2D eigenvalue weighted by atomic mass is 10.1. The summed E-state index contributed by atoms with van der Waals surface area (Å²) in [5, 5.41) is 8.79. The van der Waals surface area contributed by atoms with Crippen LogP contribution in [-0.4, -0.2) is 61.2 Å². The molecule has 4 heteroatoms. The molecule has 1 unspecified atom stereocenters. The molecule has 0 rings (SSSR count). The van der Waals surface area contributed by atoms with Gasteiger partial charge in [-0.05, 0) is 14.1 Å². The average molecular weight is 212 g/mol. The van der Waals surface area contributed by atoms with E-state index in [4.69, 9.17) is 11.5 Å². The molecule has 0 amide bonds. The standard InChI is InChI=1S/C11H20N2O2/c1-5-6-13(8-7-12(3)4)9-10(2)11(14)15/h1,10H,6-9H2,2-4H3,(H,14,15). The Kier molecular flexibility index (Phi) is 6.76. The maximum Gasteiger partial charge on any atom is 0.307 e. The Morgan fingerprint density at radius 3 is 2.47 bits per heavy atom. The number of carbonyl (C=O) groups is 1. The first-order valence-corrected chi connectivity index (χ1v) is 5.00. The van der Waals surface area contributed by atoms with Crippen molar-refractivity contribution in [3.05, 3.63) is 0 Å². The number of nitrogens with zero attached hydrogens (tertiary/aromatic N) is 2. The summed E-state index contributed by atoms with van der Waals surface area (Å²) in [5.41, 5.74) is 0. The quantitative estimate of drug-likeness (QED) is 0.612. The monoisotopic (exact) mass is 212 g/mol. The fraction of sp³-hybridized carbons (Fsp3) is 0.727. The van der Waals surface area contributed by atoms with E-state index in [1.54, 1.807) is 6.92 Å². The molecule has 0 aromatic carbocycles. The first kappa shape index (κ1) is 13.9. The highest BCUT2D eigenvalue weighted by atomic mass is 16.4. The Balaban J connectivity index is 4.04. The van der Waals surface area contributed by atoms with E-state index >= 15 is 0 Å². The van der Waals surface area contributed by atoms with Crippen molar-refractivity contribution in [1.82, 2.24) is 9.80 Å². The third kappa shape index (κ3) is 6.95. The van der Waals surface area contributed by atoms with Crippen LogP contribution < -0.4 is 0 Å². The van der Waals surface area contributed by atoms with Crippen molar-refractivity contribution < 1.29 is 9.90 Å². The molecule has 0 saturated carbocycles. The highest BCUT2D eigenvalue weighted by molar-refractivity contribution is 5.69. The van der Waals surface area contributed by atoms with E-state index in [0.29, 0.717) is 13.1 Å². The van der Waals surface area contributed by atoms with Gasteiger partial charge in [0.15, 0.2) is 0 Å². The van der Waals surface area contributed by atoms with Gasteiger partial charge in [-0.15, -0.1) is 6.42 Å². The predicted octanol–water partition coefficient (Wildman–Crippen LogP) is 0.204. The zero-order chi connectivity index (χ0) is 11.8. The van der Waals surface area contributed by atoms with Gasteiger partial charge in [-0.1, -0.05) is 12.8 Å². The van der Waals surface area contributed by atoms with Crippen LogP contribution in [0, 0.1) is 18.3 Å². The van der Waals surface area contributed by atoms with Gasteiger partial charge >= 0.3 is 5.97 Å².